The Hall–Kier alpha value is -1.52. The Balaban J connectivity index is 2.73. The first-order valence-corrected chi connectivity index (χ1v) is 5.89. The van der Waals surface area contributed by atoms with Crippen molar-refractivity contribution in [2.45, 2.75) is 6.92 Å². The fourth-order valence-corrected chi connectivity index (χ4v) is 2.01. The van der Waals surface area contributed by atoms with Crippen LogP contribution in [0.25, 0.3) is 11.3 Å². The van der Waals surface area contributed by atoms with Gasteiger partial charge < -0.3 is 5.11 Å². The van der Waals surface area contributed by atoms with Gasteiger partial charge in [-0.05, 0) is 19.1 Å². The number of phenolic OH excluding ortho intramolecular Hbond substituents is 1. The summed E-state index contributed by atoms with van der Waals surface area (Å²) in [5.41, 5.74) is 1.02. The molecule has 0 spiro atoms. The Morgan fingerprint density at radius 3 is 2.56 bits per heavy atom. The van der Waals surface area contributed by atoms with Gasteiger partial charge in [-0.15, -0.1) is 0 Å². The highest BCUT2D eigenvalue weighted by Gasteiger charge is 2.13. The summed E-state index contributed by atoms with van der Waals surface area (Å²) in [5.74, 6) is -0.138. The average Bonchev–Trinajstić information content (AvgIpc) is 2.29. The third kappa shape index (κ3) is 2.21. The van der Waals surface area contributed by atoms with E-state index in [1.54, 1.807) is 18.7 Å². The molecule has 0 saturated heterocycles. The number of hydrogen-bond acceptors (Lipinski definition) is 3. The molecule has 18 heavy (non-hydrogen) atoms. The molecule has 0 unspecified atom stereocenters. The van der Waals surface area contributed by atoms with Gasteiger partial charge in [0.1, 0.15) is 11.4 Å². The SMILES string of the molecule is Cc1cc(=O)c(-c2cc(O)c(Cl)cc2Cl)nn1C. The molecule has 6 heteroatoms. The fourth-order valence-electron chi connectivity index (χ4n) is 1.54. The lowest BCUT2D eigenvalue weighted by molar-refractivity contribution is 0.476. The smallest absolute Gasteiger partial charge is 0.208 e. The highest BCUT2D eigenvalue weighted by molar-refractivity contribution is 6.37. The number of phenols is 1. The molecular formula is C12H10Cl2N2O2. The number of aromatic hydroxyl groups is 1. The van der Waals surface area contributed by atoms with Gasteiger partial charge in [-0.1, -0.05) is 23.2 Å². The highest BCUT2D eigenvalue weighted by Crippen LogP contribution is 2.34. The van der Waals surface area contributed by atoms with Gasteiger partial charge in [-0.3, -0.25) is 9.48 Å². The van der Waals surface area contributed by atoms with Crippen LogP contribution in [-0.2, 0) is 7.05 Å². The normalized spacial score (nSPS) is 10.7. The van der Waals surface area contributed by atoms with E-state index >= 15 is 0 Å². The minimum absolute atomic E-state index is 0.132. The maximum Gasteiger partial charge on any atom is 0.208 e. The van der Waals surface area contributed by atoms with E-state index in [2.05, 4.69) is 5.10 Å². The lowest BCUT2D eigenvalue weighted by Gasteiger charge is -2.08. The van der Waals surface area contributed by atoms with Gasteiger partial charge >= 0.3 is 0 Å². The van der Waals surface area contributed by atoms with Crippen LogP contribution in [0.15, 0.2) is 23.0 Å². The van der Waals surface area contributed by atoms with Crippen LogP contribution in [0.3, 0.4) is 0 Å². The minimum atomic E-state index is -0.255. The van der Waals surface area contributed by atoms with Crippen molar-refractivity contribution in [2.24, 2.45) is 7.05 Å². The van der Waals surface area contributed by atoms with E-state index in [4.69, 9.17) is 23.2 Å². The zero-order chi connectivity index (χ0) is 13.4. The molecule has 1 aromatic carbocycles. The predicted molar refractivity (Wildman–Crippen MR) is 71.3 cm³/mol. The number of rotatable bonds is 1. The second-order valence-electron chi connectivity index (χ2n) is 3.91. The number of aromatic nitrogens is 2. The average molecular weight is 285 g/mol. The lowest BCUT2D eigenvalue weighted by Crippen LogP contribution is -2.14. The zero-order valence-corrected chi connectivity index (χ0v) is 11.2. The predicted octanol–water partition coefficient (Wildman–Crippen LogP) is 2.77. The maximum absolute atomic E-state index is 11.9. The van der Waals surface area contributed by atoms with Crippen LogP contribution in [0.4, 0.5) is 0 Å². The van der Waals surface area contributed by atoms with E-state index < -0.39 is 0 Å². The Labute approximate surface area is 113 Å². The summed E-state index contributed by atoms with van der Waals surface area (Å²) in [6.07, 6.45) is 0. The van der Waals surface area contributed by atoms with Crippen molar-refractivity contribution in [1.82, 2.24) is 9.78 Å². The first-order valence-electron chi connectivity index (χ1n) is 5.13. The Morgan fingerprint density at radius 1 is 1.22 bits per heavy atom. The van der Waals surface area contributed by atoms with Crippen LogP contribution >= 0.6 is 23.2 Å². The standard InChI is InChI=1S/C12H10Cl2N2O2/c1-6-3-11(18)12(15-16(6)2)7-4-10(17)9(14)5-8(7)13/h3-5,17H,1-2H3. The molecule has 0 amide bonds. The van der Waals surface area contributed by atoms with E-state index in [9.17, 15) is 9.90 Å². The number of benzene rings is 1. The highest BCUT2D eigenvalue weighted by atomic mass is 35.5. The minimum Gasteiger partial charge on any atom is -0.506 e. The Kier molecular flexibility index (Phi) is 3.32. The monoisotopic (exact) mass is 284 g/mol. The second-order valence-corrected chi connectivity index (χ2v) is 4.72. The number of halogens is 2. The molecule has 4 nitrogen and oxygen atoms in total. The van der Waals surface area contributed by atoms with Crippen LogP contribution in [0.5, 0.6) is 5.75 Å². The van der Waals surface area contributed by atoms with Crippen molar-refractivity contribution in [1.29, 1.82) is 0 Å². The van der Waals surface area contributed by atoms with E-state index in [0.29, 0.717) is 5.56 Å². The molecule has 94 valence electrons. The summed E-state index contributed by atoms with van der Waals surface area (Å²) in [4.78, 5) is 11.9. The first-order chi connectivity index (χ1) is 8.40. The maximum atomic E-state index is 11.9. The number of hydrogen-bond donors (Lipinski definition) is 1. The molecule has 0 aliphatic heterocycles. The Morgan fingerprint density at radius 2 is 1.89 bits per heavy atom. The van der Waals surface area contributed by atoms with Crippen molar-refractivity contribution in [3.63, 3.8) is 0 Å². The second kappa shape index (κ2) is 4.63. The third-order valence-corrected chi connectivity index (χ3v) is 3.24. The van der Waals surface area contributed by atoms with E-state index in [1.807, 2.05) is 0 Å². The van der Waals surface area contributed by atoms with Crippen molar-refractivity contribution in [2.75, 3.05) is 0 Å². The molecule has 0 bridgehead atoms. The van der Waals surface area contributed by atoms with Gasteiger partial charge in [-0.25, -0.2) is 0 Å². The molecule has 2 rings (SSSR count). The lowest BCUT2D eigenvalue weighted by atomic mass is 10.1. The Bertz CT molecular complexity index is 681. The van der Waals surface area contributed by atoms with E-state index in [0.717, 1.165) is 5.69 Å². The quantitative estimate of drug-likeness (QED) is 0.876. The molecule has 1 aromatic heterocycles. The summed E-state index contributed by atoms with van der Waals surface area (Å²) in [5, 5.41) is 14.1. The molecule has 2 aromatic rings. The molecular weight excluding hydrogens is 275 g/mol. The van der Waals surface area contributed by atoms with Gasteiger partial charge in [0, 0.05) is 24.4 Å². The molecule has 0 aliphatic rings. The molecule has 1 N–H and O–H groups in total. The topological polar surface area (TPSA) is 55.1 Å². The fraction of sp³-hybridized carbons (Fsp3) is 0.167. The van der Waals surface area contributed by atoms with Crippen molar-refractivity contribution in [3.8, 4) is 17.0 Å². The van der Waals surface area contributed by atoms with Crippen LogP contribution in [0, 0.1) is 6.92 Å². The number of nitrogens with zero attached hydrogens (tertiary/aromatic N) is 2. The van der Waals surface area contributed by atoms with Crippen molar-refractivity contribution >= 4 is 23.2 Å². The van der Waals surface area contributed by atoms with E-state index in [1.165, 1.54) is 18.2 Å². The zero-order valence-electron chi connectivity index (χ0n) is 9.74. The van der Waals surface area contributed by atoms with Gasteiger partial charge in [0.25, 0.3) is 0 Å². The summed E-state index contributed by atoms with van der Waals surface area (Å²) >= 11 is 11.7. The largest absolute Gasteiger partial charge is 0.506 e. The molecule has 0 fully saturated rings. The van der Waals surface area contributed by atoms with Gasteiger partial charge in [0.15, 0.2) is 0 Å². The van der Waals surface area contributed by atoms with Gasteiger partial charge in [-0.2, -0.15) is 5.10 Å². The molecule has 0 saturated carbocycles. The van der Waals surface area contributed by atoms with Crippen LogP contribution < -0.4 is 5.43 Å². The van der Waals surface area contributed by atoms with E-state index in [-0.39, 0.29) is 26.9 Å². The summed E-state index contributed by atoms with van der Waals surface area (Å²) in [6, 6.07) is 4.18. The van der Waals surface area contributed by atoms with Gasteiger partial charge in [0.05, 0.1) is 10.0 Å². The van der Waals surface area contributed by atoms with Crippen molar-refractivity contribution < 1.29 is 5.11 Å². The third-order valence-electron chi connectivity index (χ3n) is 2.63. The van der Waals surface area contributed by atoms with Crippen molar-refractivity contribution in [3.05, 3.63) is 44.2 Å². The first kappa shape index (κ1) is 12.9. The van der Waals surface area contributed by atoms with Crippen LogP contribution in [-0.4, -0.2) is 14.9 Å². The summed E-state index contributed by atoms with van der Waals surface area (Å²) < 4.78 is 1.57. The number of aryl methyl sites for hydroxylation is 2. The molecule has 1 heterocycles. The molecule has 0 radical (unpaired) electrons. The van der Waals surface area contributed by atoms with Gasteiger partial charge in [0.2, 0.25) is 5.43 Å². The molecule has 0 aliphatic carbocycles. The summed E-state index contributed by atoms with van der Waals surface area (Å²) in [7, 11) is 1.72. The summed E-state index contributed by atoms with van der Waals surface area (Å²) in [6.45, 7) is 1.78. The van der Waals surface area contributed by atoms with Crippen LogP contribution in [0.1, 0.15) is 5.69 Å². The molecule has 0 atom stereocenters. The van der Waals surface area contributed by atoms with Crippen LogP contribution in [0.2, 0.25) is 10.0 Å².